The summed E-state index contributed by atoms with van der Waals surface area (Å²) in [6.45, 7) is 3.97. The predicted octanol–water partition coefficient (Wildman–Crippen LogP) is 2.88. The van der Waals surface area contributed by atoms with Crippen molar-refractivity contribution in [2.24, 2.45) is 12.0 Å². The van der Waals surface area contributed by atoms with Crippen LogP contribution in [-0.2, 0) is 13.6 Å². The number of aryl methyl sites for hydroxylation is 1. The molecule has 1 aromatic heterocycles. The van der Waals surface area contributed by atoms with Crippen LogP contribution in [0.25, 0.3) is 0 Å². The first-order valence-corrected chi connectivity index (χ1v) is 7.18. The highest BCUT2D eigenvalue weighted by molar-refractivity contribution is 6.30. The van der Waals surface area contributed by atoms with Gasteiger partial charge >= 0.3 is 0 Å². The lowest BCUT2D eigenvalue weighted by molar-refractivity contribution is 0.460. The van der Waals surface area contributed by atoms with Gasteiger partial charge in [-0.15, -0.1) is 0 Å². The number of hydrogen-bond acceptors (Lipinski definition) is 1. The first-order chi connectivity index (χ1) is 9.08. The number of nitrogens with one attached hydrogen (secondary N) is 1. The zero-order valence-electron chi connectivity index (χ0n) is 12.4. The molecule has 5 heteroatoms. The van der Waals surface area contributed by atoms with Crippen LogP contribution >= 0.6 is 11.6 Å². The van der Waals surface area contributed by atoms with Crippen LogP contribution in [-0.4, -0.2) is 36.1 Å². The second-order valence-corrected chi connectivity index (χ2v) is 5.23. The molecule has 1 heterocycles. The van der Waals surface area contributed by atoms with Crippen LogP contribution in [0, 0.1) is 0 Å². The Morgan fingerprint density at radius 2 is 2.21 bits per heavy atom. The van der Waals surface area contributed by atoms with Gasteiger partial charge in [-0.2, -0.15) is 0 Å². The smallest absolute Gasteiger partial charge is 0.193 e. The molecule has 0 fully saturated rings. The lowest BCUT2D eigenvalue weighted by Crippen LogP contribution is -2.39. The Balaban J connectivity index is 2.50. The van der Waals surface area contributed by atoms with Crippen molar-refractivity contribution >= 4 is 17.6 Å². The maximum atomic E-state index is 6.00. The van der Waals surface area contributed by atoms with E-state index in [2.05, 4.69) is 22.1 Å². The molecule has 4 nitrogen and oxygen atoms in total. The molecule has 0 aliphatic heterocycles. The van der Waals surface area contributed by atoms with Crippen LogP contribution in [0.5, 0.6) is 0 Å². The molecule has 0 unspecified atom stereocenters. The summed E-state index contributed by atoms with van der Waals surface area (Å²) in [7, 11) is 5.86. The SMILES string of the molecule is CCCCCNC(=NC)N(C)Cc1cc(Cl)cn1C. The summed E-state index contributed by atoms with van der Waals surface area (Å²) in [4.78, 5) is 6.42. The van der Waals surface area contributed by atoms with Gasteiger partial charge in [-0.1, -0.05) is 31.4 Å². The van der Waals surface area contributed by atoms with E-state index in [9.17, 15) is 0 Å². The lowest BCUT2D eigenvalue weighted by Gasteiger charge is -2.22. The number of nitrogens with zero attached hydrogens (tertiary/aromatic N) is 3. The van der Waals surface area contributed by atoms with Crippen molar-refractivity contribution in [1.29, 1.82) is 0 Å². The van der Waals surface area contributed by atoms with Crippen LogP contribution < -0.4 is 5.32 Å². The third kappa shape index (κ3) is 5.15. The number of unbranched alkanes of at least 4 members (excludes halogenated alkanes) is 2. The Bertz CT molecular complexity index is 412. The monoisotopic (exact) mass is 284 g/mol. The summed E-state index contributed by atoms with van der Waals surface area (Å²) in [6.07, 6.45) is 5.58. The van der Waals surface area contributed by atoms with Crippen molar-refractivity contribution in [2.45, 2.75) is 32.7 Å². The first kappa shape index (κ1) is 15.9. The Hall–Kier alpha value is -1.16. The van der Waals surface area contributed by atoms with Crippen molar-refractivity contribution in [3.05, 3.63) is 23.0 Å². The standard InChI is InChI=1S/C14H25ClN4/c1-5-6-7-8-17-14(16-2)19(4)11-13-9-12(15)10-18(13)3/h9-10H,5-8,11H2,1-4H3,(H,16,17). The van der Waals surface area contributed by atoms with E-state index < -0.39 is 0 Å². The molecule has 0 saturated carbocycles. The van der Waals surface area contributed by atoms with Crippen molar-refractivity contribution in [3.63, 3.8) is 0 Å². The maximum Gasteiger partial charge on any atom is 0.193 e. The Kier molecular flexibility index (Phi) is 6.78. The zero-order valence-corrected chi connectivity index (χ0v) is 13.2. The van der Waals surface area contributed by atoms with Gasteiger partial charge in [-0.25, -0.2) is 0 Å². The lowest BCUT2D eigenvalue weighted by atomic mass is 10.2. The topological polar surface area (TPSA) is 32.6 Å². The van der Waals surface area contributed by atoms with E-state index in [-0.39, 0.29) is 0 Å². The molecule has 0 radical (unpaired) electrons. The van der Waals surface area contributed by atoms with Gasteiger partial charge in [0.2, 0.25) is 0 Å². The summed E-state index contributed by atoms with van der Waals surface area (Å²) < 4.78 is 2.04. The van der Waals surface area contributed by atoms with Crippen LogP contribution in [0.3, 0.4) is 0 Å². The van der Waals surface area contributed by atoms with Gasteiger partial charge in [-0.05, 0) is 12.5 Å². The molecule has 0 atom stereocenters. The van der Waals surface area contributed by atoms with E-state index in [0.29, 0.717) is 0 Å². The summed E-state index contributed by atoms with van der Waals surface area (Å²) in [5.41, 5.74) is 1.17. The molecule has 0 aliphatic rings. The maximum absolute atomic E-state index is 6.00. The average molecular weight is 285 g/mol. The molecular weight excluding hydrogens is 260 g/mol. The number of guanidine groups is 1. The third-order valence-electron chi connectivity index (χ3n) is 3.11. The highest BCUT2D eigenvalue weighted by Gasteiger charge is 2.09. The summed E-state index contributed by atoms with van der Waals surface area (Å²) in [5, 5.41) is 4.16. The van der Waals surface area contributed by atoms with Crippen molar-refractivity contribution < 1.29 is 0 Å². The van der Waals surface area contributed by atoms with Crippen LogP contribution in [0.1, 0.15) is 31.9 Å². The van der Waals surface area contributed by atoms with Gasteiger partial charge in [0.25, 0.3) is 0 Å². The second kappa shape index (κ2) is 8.10. The predicted molar refractivity (Wildman–Crippen MR) is 82.8 cm³/mol. The molecule has 0 bridgehead atoms. The normalized spacial score (nSPS) is 11.7. The molecule has 0 saturated heterocycles. The summed E-state index contributed by atoms with van der Waals surface area (Å²) >= 11 is 6.00. The van der Waals surface area contributed by atoms with Crippen LogP contribution in [0.4, 0.5) is 0 Å². The largest absolute Gasteiger partial charge is 0.356 e. The van der Waals surface area contributed by atoms with Gasteiger partial charge in [0, 0.05) is 39.6 Å². The Labute approximate surface area is 121 Å². The molecule has 19 heavy (non-hydrogen) atoms. The molecular formula is C14H25ClN4. The van der Waals surface area contributed by atoms with Crippen molar-refractivity contribution in [1.82, 2.24) is 14.8 Å². The number of rotatable bonds is 6. The van der Waals surface area contributed by atoms with E-state index >= 15 is 0 Å². The van der Waals surface area contributed by atoms with E-state index in [1.165, 1.54) is 25.0 Å². The zero-order chi connectivity index (χ0) is 14.3. The second-order valence-electron chi connectivity index (χ2n) is 4.80. The highest BCUT2D eigenvalue weighted by Crippen LogP contribution is 2.14. The molecule has 1 rings (SSSR count). The fraction of sp³-hybridized carbons (Fsp3) is 0.643. The Morgan fingerprint density at radius 3 is 2.74 bits per heavy atom. The van der Waals surface area contributed by atoms with Crippen molar-refractivity contribution in [3.8, 4) is 0 Å². The van der Waals surface area contributed by atoms with Gasteiger partial charge in [0.1, 0.15) is 0 Å². The summed E-state index contributed by atoms with van der Waals surface area (Å²) in [5.74, 6) is 0.924. The minimum absolute atomic E-state index is 0.775. The highest BCUT2D eigenvalue weighted by atomic mass is 35.5. The number of halogens is 1. The number of aliphatic imine (C=N–C) groups is 1. The van der Waals surface area contributed by atoms with E-state index in [0.717, 1.165) is 24.1 Å². The van der Waals surface area contributed by atoms with Crippen LogP contribution in [0.2, 0.25) is 5.02 Å². The number of hydrogen-bond donors (Lipinski definition) is 1. The van der Waals surface area contributed by atoms with Gasteiger partial charge < -0.3 is 14.8 Å². The minimum Gasteiger partial charge on any atom is -0.356 e. The molecule has 0 amide bonds. The third-order valence-corrected chi connectivity index (χ3v) is 3.32. The Morgan fingerprint density at radius 1 is 1.47 bits per heavy atom. The molecule has 0 aromatic carbocycles. The quantitative estimate of drug-likeness (QED) is 0.495. The summed E-state index contributed by atoms with van der Waals surface area (Å²) in [6, 6.07) is 1.99. The molecule has 1 aromatic rings. The average Bonchev–Trinajstić information content (AvgIpc) is 2.68. The fourth-order valence-electron chi connectivity index (χ4n) is 2.00. The number of aromatic nitrogens is 1. The molecule has 108 valence electrons. The molecule has 1 N–H and O–H groups in total. The molecule has 0 aliphatic carbocycles. The first-order valence-electron chi connectivity index (χ1n) is 6.81. The molecule has 0 spiro atoms. The van der Waals surface area contributed by atoms with E-state index in [1.54, 1.807) is 0 Å². The van der Waals surface area contributed by atoms with E-state index in [4.69, 9.17) is 11.6 Å². The van der Waals surface area contributed by atoms with Crippen LogP contribution in [0.15, 0.2) is 17.3 Å². The van der Waals surface area contributed by atoms with Crippen molar-refractivity contribution in [2.75, 3.05) is 20.6 Å². The van der Waals surface area contributed by atoms with Gasteiger partial charge in [0.05, 0.1) is 11.6 Å². The van der Waals surface area contributed by atoms with Gasteiger partial charge in [0.15, 0.2) is 5.96 Å². The van der Waals surface area contributed by atoms with Gasteiger partial charge in [-0.3, -0.25) is 4.99 Å². The van der Waals surface area contributed by atoms with E-state index in [1.807, 2.05) is 38.0 Å². The minimum atomic E-state index is 0.775. The fourth-order valence-corrected chi connectivity index (χ4v) is 2.27.